The van der Waals surface area contributed by atoms with Crippen molar-refractivity contribution < 1.29 is 9.26 Å². The van der Waals surface area contributed by atoms with Crippen LogP contribution in [0.3, 0.4) is 0 Å². The smallest absolute Gasteiger partial charge is 0.210 e. The van der Waals surface area contributed by atoms with Crippen molar-refractivity contribution in [2.24, 2.45) is 0 Å². The maximum atomic E-state index is 5.98. The Morgan fingerprint density at radius 1 is 1.26 bits per heavy atom. The third-order valence-corrected chi connectivity index (χ3v) is 4.56. The Morgan fingerprint density at radius 2 is 2.07 bits per heavy atom. The molecule has 6 nitrogen and oxygen atoms in total. The minimum atomic E-state index is -0.101. The molecule has 1 fully saturated rings. The van der Waals surface area contributed by atoms with Gasteiger partial charge in [-0.25, -0.2) is 4.98 Å². The molecule has 2 aromatic heterocycles. The van der Waals surface area contributed by atoms with Crippen molar-refractivity contribution in [3.05, 3.63) is 65.6 Å². The van der Waals surface area contributed by atoms with Crippen LogP contribution in [0.15, 0.2) is 47.2 Å². The second-order valence-corrected chi connectivity index (χ2v) is 6.94. The third kappa shape index (κ3) is 4.04. The molecular weight excluding hydrogens is 340 g/mol. The van der Waals surface area contributed by atoms with Crippen molar-refractivity contribution in [3.8, 4) is 17.6 Å². The standard InChI is InChI=1S/C21H22N4O2/c1-3-20-23-10-11-25(20)13-17-12-19(27-24-17)9-6-16-4-7-18(8-5-16)26-21(2)14-22-15-21/h4-5,7-8,10-12,22H,3,13-15H2,1-2H3. The summed E-state index contributed by atoms with van der Waals surface area (Å²) in [6.07, 6.45) is 4.63. The molecule has 0 amide bonds. The number of nitrogens with one attached hydrogen (secondary N) is 1. The Labute approximate surface area is 158 Å². The molecule has 0 aliphatic carbocycles. The number of nitrogens with zero attached hydrogens (tertiary/aromatic N) is 3. The van der Waals surface area contributed by atoms with Crippen LogP contribution in [0.2, 0.25) is 0 Å². The zero-order chi connectivity index (χ0) is 18.7. The van der Waals surface area contributed by atoms with Gasteiger partial charge in [-0.3, -0.25) is 0 Å². The highest BCUT2D eigenvalue weighted by atomic mass is 16.5. The number of benzene rings is 1. The molecule has 0 radical (unpaired) electrons. The van der Waals surface area contributed by atoms with Gasteiger partial charge in [0.15, 0.2) is 0 Å². The predicted molar refractivity (Wildman–Crippen MR) is 102 cm³/mol. The number of aryl methyl sites for hydroxylation is 1. The van der Waals surface area contributed by atoms with Gasteiger partial charge in [0.05, 0.1) is 6.54 Å². The van der Waals surface area contributed by atoms with Crippen LogP contribution >= 0.6 is 0 Å². The van der Waals surface area contributed by atoms with Crippen LogP contribution in [0.5, 0.6) is 5.75 Å². The molecule has 1 aromatic carbocycles. The molecule has 6 heteroatoms. The van der Waals surface area contributed by atoms with Gasteiger partial charge in [-0.15, -0.1) is 0 Å². The first-order chi connectivity index (χ1) is 13.1. The fourth-order valence-corrected chi connectivity index (χ4v) is 2.99. The fraction of sp³-hybridized carbons (Fsp3) is 0.333. The van der Waals surface area contributed by atoms with E-state index < -0.39 is 0 Å². The first kappa shape index (κ1) is 17.4. The predicted octanol–water partition coefficient (Wildman–Crippen LogP) is 2.62. The summed E-state index contributed by atoms with van der Waals surface area (Å²) in [6.45, 7) is 6.57. The molecule has 0 saturated carbocycles. The maximum Gasteiger partial charge on any atom is 0.210 e. The van der Waals surface area contributed by atoms with E-state index in [9.17, 15) is 0 Å². The lowest BCUT2D eigenvalue weighted by molar-refractivity contribution is 0.0349. The lowest BCUT2D eigenvalue weighted by Crippen LogP contribution is -2.60. The molecule has 0 bridgehead atoms. The SMILES string of the molecule is CCc1nccn1Cc1cc(C#Cc2ccc(OC3(C)CNC3)cc2)on1. The van der Waals surface area contributed by atoms with E-state index in [4.69, 9.17) is 9.26 Å². The monoisotopic (exact) mass is 362 g/mol. The number of aromatic nitrogens is 3. The van der Waals surface area contributed by atoms with Crippen molar-refractivity contribution in [2.75, 3.05) is 13.1 Å². The van der Waals surface area contributed by atoms with Crippen LogP contribution in [-0.4, -0.2) is 33.4 Å². The summed E-state index contributed by atoms with van der Waals surface area (Å²) in [6, 6.07) is 9.67. The lowest BCUT2D eigenvalue weighted by atomic mass is 10.00. The third-order valence-electron chi connectivity index (χ3n) is 4.56. The Balaban J connectivity index is 1.40. The number of ether oxygens (including phenoxy) is 1. The summed E-state index contributed by atoms with van der Waals surface area (Å²) in [7, 11) is 0. The largest absolute Gasteiger partial charge is 0.485 e. The molecule has 1 aliphatic heterocycles. The van der Waals surface area contributed by atoms with Crippen LogP contribution in [0.4, 0.5) is 0 Å². The first-order valence-corrected chi connectivity index (χ1v) is 9.11. The van der Waals surface area contributed by atoms with Crippen LogP contribution in [0.25, 0.3) is 0 Å². The summed E-state index contributed by atoms with van der Waals surface area (Å²) in [4.78, 5) is 4.31. The molecule has 1 saturated heterocycles. The van der Waals surface area contributed by atoms with Crippen molar-refractivity contribution >= 4 is 0 Å². The van der Waals surface area contributed by atoms with E-state index in [1.807, 2.05) is 36.5 Å². The highest BCUT2D eigenvalue weighted by Gasteiger charge is 2.33. The highest BCUT2D eigenvalue weighted by Crippen LogP contribution is 2.21. The average Bonchev–Trinajstić information content (AvgIpc) is 3.29. The molecule has 0 spiro atoms. The molecule has 27 heavy (non-hydrogen) atoms. The van der Waals surface area contributed by atoms with Crippen LogP contribution in [0.1, 0.15) is 36.7 Å². The molecule has 0 atom stereocenters. The minimum absolute atomic E-state index is 0.101. The molecule has 3 heterocycles. The van der Waals surface area contributed by atoms with Crippen LogP contribution in [0, 0.1) is 11.8 Å². The normalized spacial score (nSPS) is 14.9. The van der Waals surface area contributed by atoms with E-state index in [2.05, 4.69) is 45.7 Å². The highest BCUT2D eigenvalue weighted by molar-refractivity contribution is 5.42. The van der Waals surface area contributed by atoms with Crippen LogP contribution < -0.4 is 10.1 Å². The van der Waals surface area contributed by atoms with Gasteiger partial charge in [-0.05, 0) is 37.1 Å². The zero-order valence-electron chi connectivity index (χ0n) is 15.5. The second-order valence-electron chi connectivity index (χ2n) is 6.94. The molecule has 4 rings (SSSR count). The summed E-state index contributed by atoms with van der Waals surface area (Å²) in [5.41, 5.74) is 1.63. The molecule has 1 aliphatic rings. The molecule has 3 aromatic rings. The zero-order valence-corrected chi connectivity index (χ0v) is 15.5. The molecule has 0 unspecified atom stereocenters. The number of hydrogen-bond acceptors (Lipinski definition) is 5. The summed E-state index contributed by atoms with van der Waals surface area (Å²) in [5.74, 6) is 8.57. The quantitative estimate of drug-likeness (QED) is 0.707. The van der Waals surface area contributed by atoms with Gasteiger partial charge in [-0.1, -0.05) is 18.0 Å². The fourth-order valence-electron chi connectivity index (χ4n) is 2.99. The van der Waals surface area contributed by atoms with Gasteiger partial charge in [0.1, 0.15) is 22.9 Å². The van der Waals surface area contributed by atoms with E-state index in [1.165, 1.54) is 0 Å². The van der Waals surface area contributed by atoms with Gasteiger partial charge < -0.3 is 19.1 Å². The van der Waals surface area contributed by atoms with E-state index in [1.54, 1.807) is 6.20 Å². The maximum absolute atomic E-state index is 5.98. The van der Waals surface area contributed by atoms with E-state index in [0.29, 0.717) is 12.3 Å². The average molecular weight is 362 g/mol. The van der Waals surface area contributed by atoms with E-state index >= 15 is 0 Å². The number of hydrogen-bond donors (Lipinski definition) is 1. The van der Waals surface area contributed by atoms with Crippen molar-refractivity contribution in [1.82, 2.24) is 20.0 Å². The van der Waals surface area contributed by atoms with Gasteiger partial charge in [0.25, 0.3) is 0 Å². The Hall–Kier alpha value is -3.04. The summed E-state index contributed by atoms with van der Waals surface area (Å²) < 4.78 is 13.4. The minimum Gasteiger partial charge on any atom is -0.485 e. The second kappa shape index (κ2) is 7.29. The van der Waals surface area contributed by atoms with Crippen molar-refractivity contribution in [3.63, 3.8) is 0 Å². The Bertz CT molecular complexity index is 972. The Morgan fingerprint density at radius 3 is 2.78 bits per heavy atom. The van der Waals surface area contributed by atoms with Gasteiger partial charge in [-0.2, -0.15) is 0 Å². The topological polar surface area (TPSA) is 65.1 Å². The number of rotatable bonds is 5. The van der Waals surface area contributed by atoms with Crippen molar-refractivity contribution in [1.29, 1.82) is 0 Å². The summed E-state index contributed by atoms with van der Waals surface area (Å²) in [5, 5.41) is 7.32. The van der Waals surface area contributed by atoms with Gasteiger partial charge in [0, 0.05) is 43.5 Å². The van der Waals surface area contributed by atoms with E-state index in [0.717, 1.165) is 42.3 Å². The molecule has 1 N–H and O–H groups in total. The Kier molecular flexibility index (Phi) is 4.69. The van der Waals surface area contributed by atoms with E-state index in [-0.39, 0.29) is 5.60 Å². The number of imidazole rings is 1. The first-order valence-electron chi connectivity index (χ1n) is 9.11. The van der Waals surface area contributed by atoms with Gasteiger partial charge >= 0.3 is 0 Å². The summed E-state index contributed by atoms with van der Waals surface area (Å²) >= 11 is 0. The molecular formula is C21H22N4O2. The van der Waals surface area contributed by atoms with Gasteiger partial charge in [0.2, 0.25) is 5.76 Å². The van der Waals surface area contributed by atoms with Crippen LogP contribution in [-0.2, 0) is 13.0 Å². The van der Waals surface area contributed by atoms with Crippen molar-refractivity contribution in [2.45, 2.75) is 32.4 Å². The lowest BCUT2D eigenvalue weighted by Gasteiger charge is -2.39. The molecule has 138 valence electrons.